The molecule has 0 atom stereocenters. The summed E-state index contributed by atoms with van der Waals surface area (Å²) in [6.07, 6.45) is 4.94. The molecule has 0 aliphatic carbocycles. The number of carbonyl (C=O) groups is 1. The van der Waals surface area contributed by atoms with Gasteiger partial charge in [0.15, 0.2) is 5.78 Å². The number of hydrogen-bond acceptors (Lipinski definition) is 4. The number of allylic oxidation sites excluding steroid dienone is 1. The first-order chi connectivity index (χ1) is 11.7. The van der Waals surface area contributed by atoms with Crippen molar-refractivity contribution in [1.82, 2.24) is 0 Å². The van der Waals surface area contributed by atoms with Crippen LogP contribution in [-0.2, 0) is 0 Å². The molecule has 0 amide bonds. The van der Waals surface area contributed by atoms with E-state index in [1.54, 1.807) is 37.5 Å². The van der Waals surface area contributed by atoms with E-state index in [-0.39, 0.29) is 5.78 Å². The lowest BCUT2D eigenvalue weighted by atomic mass is 10.1. The van der Waals surface area contributed by atoms with Crippen LogP contribution < -0.4 is 14.2 Å². The van der Waals surface area contributed by atoms with Crippen LogP contribution >= 0.6 is 0 Å². The van der Waals surface area contributed by atoms with Gasteiger partial charge < -0.3 is 14.2 Å². The van der Waals surface area contributed by atoms with Gasteiger partial charge in [-0.1, -0.05) is 30.9 Å². The third-order valence-electron chi connectivity index (χ3n) is 3.33. The zero-order chi connectivity index (χ0) is 17.4. The summed E-state index contributed by atoms with van der Waals surface area (Å²) in [5.41, 5.74) is 1.35. The molecule has 0 aliphatic heterocycles. The molecule has 2 aromatic carbocycles. The maximum Gasteiger partial charge on any atom is 0.189 e. The van der Waals surface area contributed by atoms with Crippen molar-refractivity contribution in [2.24, 2.45) is 0 Å². The number of methoxy groups -OCH3 is 2. The molecular formula is C20H20O4. The molecule has 2 aromatic rings. The molecular weight excluding hydrogens is 304 g/mol. The van der Waals surface area contributed by atoms with E-state index >= 15 is 0 Å². The Morgan fingerprint density at radius 3 is 2.62 bits per heavy atom. The summed E-state index contributed by atoms with van der Waals surface area (Å²) in [6.45, 7) is 4.06. The topological polar surface area (TPSA) is 44.8 Å². The van der Waals surface area contributed by atoms with Gasteiger partial charge in [0.25, 0.3) is 0 Å². The average Bonchev–Trinajstić information content (AvgIpc) is 2.64. The minimum absolute atomic E-state index is 0.146. The van der Waals surface area contributed by atoms with Crippen LogP contribution in [0.5, 0.6) is 17.2 Å². The van der Waals surface area contributed by atoms with Gasteiger partial charge in [0, 0.05) is 6.07 Å². The molecule has 0 N–H and O–H groups in total. The third kappa shape index (κ3) is 4.49. The van der Waals surface area contributed by atoms with E-state index in [1.807, 2.05) is 24.3 Å². The number of hydrogen-bond donors (Lipinski definition) is 0. The lowest BCUT2D eigenvalue weighted by Crippen LogP contribution is -1.99. The summed E-state index contributed by atoms with van der Waals surface area (Å²) in [7, 11) is 3.09. The highest BCUT2D eigenvalue weighted by molar-refractivity contribution is 6.08. The van der Waals surface area contributed by atoms with Crippen molar-refractivity contribution >= 4 is 11.9 Å². The second-order valence-electron chi connectivity index (χ2n) is 4.94. The van der Waals surface area contributed by atoms with Crippen LogP contribution in [0.3, 0.4) is 0 Å². The largest absolute Gasteiger partial charge is 0.497 e. The molecule has 0 saturated heterocycles. The second-order valence-corrected chi connectivity index (χ2v) is 4.94. The fourth-order valence-corrected chi connectivity index (χ4v) is 2.13. The summed E-state index contributed by atoms with van der Waals surface area (Å²) in [5.74, 6) is 1.70. The van der Waals surface area contributed by atoms with E-state index in [0.29, 0.717) is 23.7 Å². The Hall–Kier alpha value is -3.01. The maximum atomic E-state index is 12.4. The van der Waals surface area contributed by atoms with Crippen LogP contribution in [0.15, 0.2) is 61.2 Å². The Labute approximate surface area is 142 Å². The van der Waals surface area contributed by atoms with E-state index in [4.69, 9.17) is 14.2 Å². The molecule has 0 aliphatic rings. The molecule has 2 rings (SSSR count). The Morgan fingerprint density at radius 1 is 1.08 bits per heavy atom. The van der Waals surface area contributed by atoms with Gasteiger partial charge in [-0.05, 0) is 35.9 Å². The van der Waals surface area contributed by atoms with E-state index in [1.165, 1.54) is 13.2 Å². The van der Waals surface area contributed by atoms with Crippen LogP contribution in [0.1, 0.15) is 15.9 Å². The standard InChI is InChI=1S/C20H20O4/c1-4-12-24-17-7-5-6-15(13-17)8-11-19(21)18-10-9-16(22-2)14-20(18)23-3/h4-11,13-14H,1,12H2,2-3H3/b11-8+. The molecule has 0 aromatic heterocycles. The Kier molecular flexibility index (Phi) is 6.20. The zero-order valence-electron chi connectivity index (χ0n) is 13.8. The predicted octanol–water partition coefficient (Wildman–Crippen LogP) is 4.16. The van der Waals surface area contributed by atoms with Gasteiger partial charge >= 0.3 is 0 Å². The van der Waals surface area contributed by atoms with E-state index < -0.39 is 0 Å². The van der Waals surface area contributed by atoms with E-state index in [2.05, 4.69) is 6.58 Å². The Balaban J connectivity index is 2.17. The summed E-state index contributed by atoms with van der Waals surface area (Å²) in [6, 6.07) is 12.6. The fraction of sp³-hybridized carbons (Fsp3) is 0.150. The third-order valence-corrected chi connectivity index (χ3v) is 3.33. The molecule has 0 bridgehead atoms. The van der Waals surface area contributed by atoms with Gasteiger partial charge in [0.2, 0.25) is 0 Å². The fourth-order valence-electron chi connectivity index (χ4n) is 2.13. The summed E-state index contributed by atoms with van der Waals surface area (Å²) in [4.78, 5) is 12.4. The minimum Gasteiger partial charge on any atom is -0.497 e. The number of ketones is 1. The lowest BCUT2D eigenvalue weighted by Gasteiger charge is -2.08. The Morgan fingerprint density at radius 2 is 1.92 bits per heavy atom. The molecule has 0 unspecified atom stereocenters. The molecule has 124 valence electrons. The van der Waals surface area contributed by atoms with Crippen LogP contribution in [0.4, 0.5) is 0 Å². The monoisotopic (exact) mass is 324 g/mol. The quantitative estimate of drug-likeness (QED) is 0.415. The van der Waals surface area contributed by atoms with Crippen molar-refractivity contribution < 1.29 is 19.0 Å². The van der Waals surface area contributed by atoms with Crippen molar-refractivity contribution in [2.45, 2.75) is 0 Å². The molecule has 0 heterocycles. The van der Waals surface area contributed by atoms with Crippen LogP contribution in [0.2, 0.25) is 0 Å². The second kappa shape index (κ2) is 8.58. The number of rotatable bonds is 8. The molecule has 24 heavy (non-hydrogen) atoms. The van der Waals surface area contributed by atoms with Crippen molar-refractivity contribution in [3.8, 4) is 17.2 Å². The van der Waals surface area contributed by atoms with E-state index in [0.717, 1.165) is 11.3 Å². The SMILES string of the molecule is C=CCOc1cccc(/C=C/C(=O)c2ccc(OC)cc2OC)c1. The molecule has 0 saturated carbocycles. The van der Waals surface area contributed by atoms with Gasteiger partial charge in [-0.25, -0.2) is 0 Å². The van der Waals surface area contributed by atoms with Crippen molar-refractivity contribution in [3.05, 3.63) is 72.3 Å². The minimum atomic E-state index is -0.146. The van der Waals surface area contributed by atoms with E-state index in [9.17, 15) is 4.79 Å². The summed E-state index contributed by atoms with van der Waals surface area (Å²) in [5, 5.41) is 0. The molecule has 4 heteroatoms. The van der Waals surface area contributed by atoms with Gasteiger partial charge in [0.05, 0.1) is 19.8 Å². The van der Waals surface area contributed by atoms with Crippen molar-refractivity contribution in [2.75, 3.05) is 20.8 Å². The highest BCUT2D eigenvalue weighted by Crippen LogP contribution is 2.25. The van der Waals surface area contributed by atoms with Gasteiger partial charge in [-0.2, -0.15) is 0 Å². The lowest BCUT2D eigenvalue weighted by molar-refractivity contribution is 0.104. The van der Waals surface area contributed by atoms with Crippen LogP contribution in [0.25, 0.3) is 6.08 Å². The predicted molar refractivity (Wildman–Crippen MR) is 95.0 cm³/mol. The highest BCUT2D eigenvalue weighted by atomic mass is 16.5. The summed E-state index contributed by atoms with van der Waals surface area (Å²) >= 11 is 0. The highest BCUT2D eigenvalue weighted by Gasteiger charge is 2.10. The number of benzene rings is 2. The van der Waals surface area contributed by atoms with Crippen LogP contribution in [-0.4, -0.2) is 26.6 Å². The first kappa shape index (κ1) is 17.3. The zero-order valence-corrected chi connectivity index (χ0v) is 13.8. The van der Waals surface area contributed by atoms with Gasteiger partial charge in [-0.3, -0.25) is 4.79 Å². The smallest absolute Gasteiger partial charge is 0.189 e. The number of carbonyl (C=O) groups excluding carboxylic acids is 1. The normalized spacial score (nSPS) is 10.4. The molecule has 0 radical (unpaired) electrons. The number of ether oxygens (including phenoxy) is 3. The molecule has 0 fully saturated rings. The van der Waals surface area contributed by atoms with Crippen molar-refractivity contribution in [3.63, 3.8) is 0 Å². The van der Waals surface area contributed by atoms with Crippen molar-refractivity contribution in [1.29, 1.82) is 0 Å². The summed E-state index contributed by atoms with van der Waals surface area (Å²) < 4.78 is 15.9. The van der Waals surface area contributed by atoms with Gasteiger partial charge in [0.1, 0.15) is 23.9 Å². The van der Waals surface area contributed by atoms with Crippen LogP contribution in [0, 0.1) is 0 Å². The first-order valence-electron chi connectivity index (χ1n) is 7.46. The average molecular weight is 324 g/mol. The van der Waals surface area contributed by atoms with Gasteiger partial charge in [-0.15, -0.1) is 0 Å². The molecule has 4 nitrogen and oxygen atoms in total. The molecule has 0 spiro atoms. The first-order valence-corrected chi connectivity index (χ1v) is 7.46. The maximum absolute atomic E-state index is 12.4. The Bertz CT molecular complexity index is 747.